The lowest BCUT2D eigenvalue weighted by molar-refractivity contribution is -0.138. The fourth-order valence-electron chi connectivity index (χ4n) is 4.22. The standard InChI is InChI=1S/C27H29N9O3/c1-39-12-10-31-27-33-21(19-6-2-5-18(13-19)15-28)14-22(34-27)23(35-29)17-30-16-20-7-3-9-25(32-20)36-11-4-8-24(36)26(37)38/h2-3,5-7,9,13-14,17,24H,4,8,10-12,16,29H2,1H3,(H,37,38)(H,31,33,34)/t24-/m1/s1. The van der Waals surface area contributed by atoms with Crippen molar-refractivity contribution in [2.75, 3.05) is 37.0 Å². The minimum Gasteiger partial charge on any atom is -0.480 e. The molecule has 1 fully saturated rings. The topological polar surface area (TPSA) is 175 Å². The van der Waals surface area contributed by atoms with Gasteiger partial charge in [-0.2, -0.15) is 10.4 Å². The number of nitrogens with one attached hydrogen (secondary N) is 1. The Balaban J connectivity index is 1.56. The Hall–Kier alpha value is -4.89. The van der Waals surface area contributed by atoms with Crippen molar-refractivity contribution in [1.29, 1.82) is 5.26 Å². The molecule has 4 N–H and O–H groups in total. The molecule has 1 atom stereocenters. The molecule has 3 heterocycles. The molecule has 12 heteroatoms. The Morgan fingerprint density at radius 1 is 1.28 bits per heavy atom. The Morgan fingerprint density at radius 3 is 2.90 bits per heavy atom. The molecule has 0 aliphatic carbocycles. The van der Waals surface area contributed by atoms with Crippen LogP contribution in [0.25, 0.3) is 11.3 Å². The van der Waals surface area contributed by atoms with Crippen LogP contribution in [0.5, 0.6) is 0 Å². The van der Waals surface area contributed by atoms with E-state index in [9.17, 15) is 15.2 Å². The third-order valence-electron chi connectivity index (χ3n) is 6.10. The van der Waals surface area contributed by atoms with Crippen LogP contribution < -0.4 is 16.1 Å². The molecule has 4 rings (SSSR count). The van der Waals surface area contributed by atoms with Gasteiger partial charge in [-0.3, -0.25) is 4.99 Å². The number of aliphatic carboxylic acids is 1. The zero-order valence-electron chi connectivity index (χ0n) is 21.5. The van der Waals surface area contributed by atoms with E-state index < -0.39 is 12.0 Å². The molecular formula is C27H29N9O3. The summed E-state index contributed by atoms with van der Waals surface area (Å²) >= 11 is 0. The summed E-state index contributed by atoms with van der Waals surface area (Å²) in [6.45, 7) is 1.83. The first-order valence-corrected chi connectivity index (χ1v) is 12.4. The smallest absolute Gasteiger partial charge is 0.326 e. The minimum absolute atomic E-state index is 0.236. The molecular weight excluding hydrogens is 498 g/mol. The first-order chi connectivity index (χ1) is 19.0. The second kappa shape index (κ2) is 13.1. The number of ether oxygens (including phenoxy) is 1. The lowest BCUT2D eigenvalue weighted by atomic mass is 10.1. The number of anilines is 2. The summed E-state index contributed by atoms with van der Waals surface area (Å²) in [5.74, 6) is 5.84. The first-order valence-electron chi connectivity index (χ1n) is 12.4. The molecule has 39 heavy (non-hydrogen) atoms. The van der Waals surface area contributed by atoms with Crippen molar-refractivity contribution in [2.45, 2.75) is 25.4 Å². The summed E-state index contributed by atoms with van der Waals surface area (Å²) in [7, 11) is 1.60. The van der Waals surface area contributed by atoms with Crippen LogP contribution in [-0.2, 0) is 16.1 Å². The number of carbonyl (C=O) groups is 1. The molecule has 0 amide bonds. The van der Waals surface area contributed by atoms with Crippen LogP contribution in [0, 0.1) is 11.3 Å². The number of aromatic nitrogens is 3. The number of carboxylic acids is 1. The van der Waals surface area contributed by atoms with Gasteiger partial charge in [-0.15, -0.1) is 0 Å². The summed E-state index contributed by atoms with van der Waals surface area (Å²) < 4.78 is 5.10. The minimum atomic E-state index is -0.846. The van der Waals surface area contributed by atoms with E-state index in [1.807, 2.05) is 29.2 Å². The molecule has 1 saturated heterocycles. The van der Waals surface area contributed by atoms with Gasteiger partial charge in [0.15, 0.2) is 0 Å². The molecule has 2 aromatic heterocycles. The van der Waals surface area contributed by atoms with Gasteiger partial charge in [-0.25, -0.2) is 19.7 Å². The average molecular weight is 528 g/mol. The van der Waals surface area contributed by atoms with Gasteiger partial charge in [0.1, 0.15) is 17.6 Å². The first kappa shape index (κ1) is 27.2. The largest absolute Gasteiger partial charge is 0.480 e. The predicted molar refractivity (Wildman–Crippen MR) is 148 cm³/mol. The number of carboxylic acid groups (broad SMARTS) is 1. The van der Waals surface area contributed by atoms with Crippen LogP contribution >= 0.6 is 0 Å². The third kappa shape index (κ3) is 6.91. The number of nitrogens with two attached hydrogens (primary N) is 1. The summed E-state index contributed by atoms with van der Waals surface area (Å²) in [6.07, 6.45) is 2.92. The average Bonchev–Trinajstić information content (AvgIpc) is 3.46. The summed E-state index contributed by atoms with van der Waals surface area (Å²) in [5.41, 5.74) is 3.27. The number of aliphatic imine (C=N–C) groups is 1. The number of hydrogen-bond acceptors (Lipinski definition) is 11. The second-order valence-corrected chi connectivity index (χ2v) is 8.74. The van der Waals surface area contributed by atoms with Gasteiger partial charge in [0.05, 0.1) is 48.1 Å². The lowest BCUT2D eigenvalue weighted by Crippen LogP contribution is -2.36. The maximum atomic E-state index is 11.6. The molecule has 0 unspecified atom stereocenters. The number of hydrogen-bond donors (Lipinski definition) is 3. The Morgan fingerprint density at radius 2 is 2.13 bits per heavy atom. The van der Waals surface area contributed by atoms with Gasteiger partial charge >= 0.3 is 5.97 Å². The van der Waals surface area contributed by atoms with E-state index in [0.29, 0.717) is 66.2 Å². The van der Waals surface area contributed by atoms with Gasteiger partial charge < -0.3 is 25.9 Å². The zero-order valence-corrected chi connectivity index (χ0v) is 21.5. The molecule has 0 spiro atoms. The highest BCUT2D eigenvalue weighted by Crippen LogP contribution is 2.24. The van der Waals surface area contributed by atoms with E-state index in [0.717, 1.165) is 12.0 Å². The van der Waals surface area contributed by atoms with Gasteiger partial charge in [-0.1, -0.05) is 18.2 Å². The van der Waals surface area contributed by atoms with Crippen molar-refractivity contribution in [3.05, 3.63) is 65.5 Å². The van der Waals surface area contributed by atoms with Crippen molar-refractivity contribution in [3.8, 4) is 17.3 Å². The maximum Gasteiger partial charge on any atom is 0.326 e. The number of rotatable bonds is 11. The number of nitriles is 1. The molecule has 3 aromatic rings. The monoisotopic (exact) mass is 527 g/mol. The predicted octanol–water partition coefficient (Wildman–Crippen LogP) is 2.46. The van der Waals surface area contributed by atoms with E-state index in [-0.39, 0.29) is 6.54 Å². The Labute approximate surface area is 225 Å². The Bertz CT molecular complexity index is 1420. The number of nitrogens with zero attached hydrogens (tertiary/aromatic N) is 7. The quantitative estimate of drug-likeness (QED) is 0.145. The van der Waals surface area contributed by atoms with Crippen molar-refractivity contribution in [3.63, 3.8) is 0 Å². The molecule has 0 radical (unpaired) electrons. The van der Waals surface area contributed by atoms with Gasteiger partial charge in [0, 0.05) is 25.8 Å². The van der Waals surface area contributed by atoms with Crippen molar-refractivity contribution < 1.29 is 14.6 Å². The summed E-state index contributed by atoms with van der Waals surface area (Å²) in [5, 5.41) is 25.8. The third-order valence-corrected chi connectivity index (χ3v) is 6.10. The highest BCUT2D eigenvalue weighted by molar-refractivity contribution is 6.37. The molecule has 12 nitrogen and oxygen atoms in total. The highest BCUT2D eigenvalue weighted by Gasteiger charge is 2.31. The molecule has 0 saturated carbocycles. The SMILES string of the molecule is COCCNc1nc(C(C=NCc2cccc(N3CCC[C@@H]3C(=O)O)n2)=NN)cc(-c2cccc(C#N)c2)n1. The Kier molecular flexibility index (Phi) is 9.10. The molecule has 0 bridgehead atoms. The summed E-state index contributed by atoms with van der Waals surface area (Å²) in [4.78, 5) is 31.6. The van der Waals surface area contributed by atoms with Crippen LogP contribution in [0.15, 0.2) is 58.6 Å². The van der Waals surface area contributed by atoms with Crippen LogP contribution in [0.1, 0.15) is 29.8 Å². The van der Waals surface area contributed by atoms with Crippen molar-refractivity contribution >= 4 is 29.7 Å². The van der Waals surface area contributed by atoms with Crippen LogP contribution in [0.4, 0.5) is 11.8 Å². The van der Waals surface area contributed by atoms with Crippen LogP contribution in [0.3, 0.4) is 0 Å². The molecule has 200 valence electrons. The second-order valence-electron chi connectivity index (χ2n) is 8.74. The van der Waals surface area contributed by atoms with Gasteiger partial charge in [0.25, 0.3) is 0 Å². The van der Waals surface area contributed by atoms with Crippen molar-refractivity contribution in [2.24, 2.45) is 15.9 Å². The molecule has 1 aliphatic rings. The van der Waals surface area contributed by atoms with Gasteiger partial charge in [-0.05, 0) is 43.2 Å². The van der Waals surface area contributed by atoms with Crippen LogP contribution in [0.2, 0.25) is 0 Å². The van der Waals surface area contributed by atoms with Crippen LogP contribution in [-0.4, -0.2) is 70.8 Å². The number of methoxy groups -OCH3 is 1. The lowest BCUT2D eigenvalue weighted by Gasteiger charge is -2.22. The molecule has 1 aliphatic heterocycles. The molecule has 1 aromatic carbocycles. The fraction of sp³-hybridized carbons (Fsp3) is 0.296. The fourth-order valence-corrected chi connectivity index (χ4v) is 4.22. The van der Waals surface area contributed by atoms with Crippen molar-refractivity contribution in [1.82, 2.24) is 15.0 Å². The number of pyridine rings is 1. The summed E-state index contributed by atoms with van der Waals surface area (Å²) in [6, 6.07) is 15.9. The van der Waals surface area contributed by atoms with E-state index >= 15 is 0 Å². The van der Waals surface area contributed by atoms with E-state index in [2.05, 4.69) is 36.4 Å². The number of benzene rings is 1. The van der Waals surface area contributed by atoms with E-state index in [1.165, 1.54) is 6.21 Å². The normalized spacial score (nSPS) is 15.4. The number of hydrazone groups is 1. The van der Waals surface area contributed by atoms with E-state index in [1.54, 1.807) is 31.4 Å². The highest BCUT2D eigenvalue weighted by atomic mass is 16.5. The van der Waals surface area contributed by atoms with E-state index in [4.69, 9.17) is 10.6 Å². The zero-order chi connectivity index (χ0) is 27.6. The van der Waals surface area contributed by atoms with Gasteiger partial charge in [0.2, 0.25) is 5.95 Å². The maximum absolute atomic E-state index is 11.6.